The Labute approximate surface area is 126 Å². The molecule has 0 fully saturated rings. The second kappa shape index (κ2) is 5.18. The highest BCUT2D eigenvalue weighted by molar-refractivity contribution is 6.08. The molecule has 3 aromatic rings. The minimum atomic E-state index is -1.06. The summed E-state index contributed by atoms with van der Waals surface area (Å²) >= 11 is 0. The molecule has 0 atom stereocenters. The fourth-order valence-corrected chi connectivity index (χ4v) is 2.63. The lowest BCUT2D eigenvalue weighted by molar-refractivity contribution is 0.0692. The summed E-state index contributed by atoms with van der Waals surface area (Å²) in [6, 6.07) is 9.38. The second-order valence-electron chi connectivity index (χ2n) is 5.05. The number of H-pyrrole nitrogens is 1. The van der Waals surface area contributed by atoms with Crippen LogP contribution < -0.4 is 4.74 Å². The Kier molecular flexibility index (Phi) is 3.33. The van der Waals surface area contributed by atoms with Gasteiger partial charge in [-0.05, 0) is 42.3 Å². The molecule has 0 unspecified atom stereocenters. The third-order valence-corrected chi connectivity index (χ3v) is 3.66. The van der Waals surface area contributed by atoms with Crippen molar-refractivity contribution in [1.82, 2.24) is 4.98 Å². The van der Waals surface area contributed by atoms with E-state index < -0.39 is 5.97 Å². The quantitative estimate of drug-likeness (QED) is 0.768. The Morgan fingerprint density at radius 2 is 1.91 bits per heavy atom. The molecule has 1 heterocycles. The van der Waals surface area contributed by atoms with Crippen molar-refractivity contribution in [2.45, 2.75) is 6.92 Å². The maximum absolute atomic E-state index is 13.1. The minimum absolute atomic E-state index is 0.0814. The topological polar surface area (TPSA) is 62.3 Å². The van der Waals surface area contributed by atoms with E-state index in [0.29, 0.717) is 16.9 Å². The molecule has 4 nitrogen and oxygen atoms in total. The first-order valence-electron chi connectivity index (χ1n) is 6.71. The number of fused-ring (bicyclic) bond motifs is 1. The molecular weight excluding hydrogens is 285 g/mol. The van der Waals surface area contributed by atoms with Crippen LogP contribution in [-0.2, 0) is 0 Å². The van der Waals surface area contributed by atoms with Gasteiger partial charge in [0.1, 0.15) is 17.3 Å². The molecule has 2 N–H and O–H groups in total. The van der Waals surface area contributed by atoms with Crippen molar-refractivity contribution in [3.8, 4) is 16.9 Å². The van der Waals surface area contributed by atoms with Gasteiger partial charge in [-0.3, -0.25) is 0 Å². The summed E-state index contributed by atoms with van der Waals surface area (Å²) in [4.78, 5) is 14.5. The van der Waals surface area contributed by atoms with Gasteiger partial charge in [0.25, 0.3) is 0 Å². The van der Waals surface area contributed by atoms with Crippen LogP contribution in [0.1, 0.15) is 16.1 Å². The summed E-state index contributed by atoms with van der Waals surface area (Å²) in [5.41, 5.74) is 2.86. The molecule has 0 amide bonds. The maximum Gasteiger partial charge on any atom is 0.352 e. The summed E-state index contributed by atoms with van der Waals surface area (Å²) in [6.45, 7) is 1.88. The number of halogens is 1. The van der Waals surface area contributed by atoms with E-state index in [1.807, 2.05) is 13.0 Å². The summed E-state index contributed by atoms with van der Waals surface area (Å²) in [5.74, 6) is -0.785. The number of carboxylic acid groups (broad SMARTS) is 1. The van der Waals surface area contributed by atoms with Crippen molar-refractivity contribution in [1.29, 1.82) is 0 Å². The zero-order valence-corrected chi connectivity index (χ0v) is 12.1. The largest absolute Gasteiger partial charge is 0.497 e. The third-order valence-electron chi connectivity index (χ3n) is 3.66. The molecule has 0 bridgehead atoms. The summed E-state index contributed by atoms with van der Waals surface area (Å²) < 4.78 is 18.4. The fourth-order valence-electron chi connectivity index (χ4n) is 2.63. The number of hydrogen-bond donors (Lipinski definition) is 2. The highest BCUT2D eigenvalue weighted by atomic mass is 19.1. The maximum atomic E-state index is 13.1. The van der Waals surface area contributed by atoms with E-state index in [0.717, 1.165) is 16.5 Å². The van der Waals surface area contributed by atoms with Gasteiger partial charge in [0, 0.05) is 16.5 Å². The normalized spacial score (nSPS) is 10.9. The molecule has 3 rings (SSSR count). The molecule has 0 aliphatic carbocycles. The monoisotopic (exact) mass is 299 g/mol. The highest BCUT2D eigenvalue weighted by Crippen LogP contribution is 2.36. The molecule has 0 spiro atoms. The van der Waals surface area contributed by atoms with Crippen molar-refractivity contribution in [2.75, 3.05) is 7.11 Å². The Balaban J connectivity index is 2.38. The van der Waals surface area contributed by atoms with Gasteiger partial charge in [-0.25, -0.2) is 9.18 Å². The minimum Gasteiger partial charge on any atom is -0.497 e. The molecular formula is C17H14FNO3. The van der Waals surface area contributed by atoms with Gasteiger partial charge >= 0.3 is 5.97 Å². The molecule has 0 saturated carbocycles. The molecule has 0 radical (unpaired) electrons. The SMILES string of the molecule is COc1cc(C)c2[nH]c(C(=O)O)c(-c3ccc(F)cc3)c2c1. The lowest BCUT2D eigenvalue weighted by atomic mass is 10.0. The number of methoxy groups -OCH3 is 1. The molecule has 112 valence electrons. The van der Waals surface area contributed by atoms with Crippen molar-refractivity contribution in [3.63, 3.8) is 0 Å². The Hall–Kier alpha value is -2.82. The van der Waals surface area contributed by atoms with Crippen molar-refractivity contribution < 1.29 is 19.0 Å². The van der Waals surface area contributed by atoms with Crippen LogP contribution in [0.15, 0.2) is 36.4 Å². The Morgan fingerprint density at radius 1 is 1.23 bits per heavy atom. The molecule has 5 heteroatoms. The number of carbonyl (C=O) groups is 1. The van der Waals surface area contributed by atoms with Crippen LogP contribution in [0.4, 0.5) is 4.39 Å². The summed E-state index contributed by atoms with van der Waals surface area (Å²) in [6.07, 6.45) is 0. The first-order valence-corrected chi connectivity index (χ1v) is 6.71. The van der Waals surface area contributed by atoms with Gasteiger partial charge < -0.3 is 14.8 Å². The Bertz CT molecular complexity index is 866. The smallest absolute Gasteiger partial charge is 0.352 e. The number of benzene rings is 2. The number of aromatic amines is 1. The van der Waals surface area contributed by atoms with Crippen LogP contribution in [0.3, 0.4) is 0 Å². The zero-order chi connectivity index (χ0) is 15.9. The zero-order valence-electron chi connectivity index (χ0n) is 12.1. The standard InChI is InChI=1S/C17H14FNO3/c1-9-7-12(22-2)8-13-14(10-3-5-11(18)6-4-10)16(17(20)21)19-15(9)13/h3-8,19H,1-2H3,(H,20,21). The number of carboxylic acids is 1. The van der Waals surface area contributed by atoms with E-state index in [9.17, 15) is 14.3 Å². The van der Waals surface area contributed by atoms with E-state index in [-0.39, 0.29) is 11.5 Å². The number of aromatic carboxylic acids is 1. The van der Waals surface area contributed by atoms with Crippen LogP contribution in [0, 0.1) is 12.7 Å². The van der Waals surface area contributed by atoms with Crippen LogP contribution in [-0.4, -0.2) is 23.2 Å². The average molecular weight is 299 g/mol. The second-order valence-corrected chi connectivity index (χ2v) is 5.05. The van der Waals surface area contributed by atoms with Crippen molar-refractivity contribution >= 4 is 16.9 Å². The van der Waals surface area contributed by atoms with Crippen LogP contribution in [0.25, 0.3) is 22.0 Å². The predicted octanol–water partition coefficient (Wildman–Crippen LogP) is 3.99. The van der Waals surface area contributed by atoms with Gasteiger partial charge in [-0.2, -0.15) is 0 Å². The summed E-state index contributed by atoms with van der Waals surface area (Å²) in [5, 5.41) is 10.2. The molecule has 0 aliphatic heterocycles. The fraction of sp³-hybridized carbons (Fsp3) is 0.118. The molecule has 0 aliphatic rings. The number of aryl methyl sites for hydroxylation is 1. The first-order chi connectivity index (χ1) is 10.5. The number of aromatic nitrogens is 1. The predicted molar refractivity (Wildman–Crippen MR) is 81.9 cm³/mol. The van der Waals surface area contributed by atoms with E-state index >= 15 is 0 Å². The summed E-state index contributed by atoms with van der Waals surface area (Å²) in [7, 11) is 1.56. The third kappa shape index (κ3) is 2.20. The van der Waals surface area contributed by atoms with Crippen LogP contribution >= 0.6 is 0 Å². The van der Waals surface area contributed by atoms with E-state index in [1.54, 1.807) is 25.3 Å². The van der Waals surface area contributed by atoms with Crippen LogP contribution in [0.5, 0.6) is 5.75 Å². The van der Waals surface area contributed by atoms with E-state index in [4.69, 9.17) is 4.74 Å². The number of hydrogen-bond acceptors (Lipinski definition) is 2. The van der Waals surface area contributed by atoms with Crippen molar-refractivity contribution in [3.05, 3.63) is 53.5 Å². The molecule has 0 saturated heterocycles. The first kappa shape index (κ1) is 14.1. The average Bonchev–Trinajstić information content (AvgIpc) is 2.88. The van der Waals surface area contributed by atoms with Gasteiger partial charge in [-0.15, -0.1) is 0 Å². The molecule has 2 aromatic carbocycles. The Morgan fingerprint density at radius 3 is 2.50 bits per heavy atom. The lowest BCUT2D eigenvalue weighted by Crippen LogP contribution is -1.98. The van der Waals surface area contributed by atoms with Gasteiger partial charge in [0.2, 0.25) is 0 Å². The van der Waals surface area contributed by atoms with Crippen molar-refractivity contribution in [2.24, 2.45) is 0 Å². The van der Waals surface area contributed by atoms with Gasteiger partial charge in [0.05, 0.1) is 7.11 Å². The van der Waals surface area contributed by atoms with Gasteiger partial charge in [0.15, 0.2) is 0 Å². The van der Waals surface area contributed by atoms with E-state index in [2.05, 4.69) is 4.98 Å². The lowest BCUT2D eigenvalue weighted by Gasteiger charge is -2.05. The number of ether oxygens (including phenoxy) is 1. The number of nitrogens with one attached hydrogen (secondary N) is 1. The van der Waals surface area contributed by atoms with Gasteiger partial charge in [-0.1, -0.05) is 12.1 Å². The highest BCUT2D eigenvalue weighted by Gasteiger charge is 2.20. The molecule has 1 aromatic heterocycles. The van der Waals surface area contributed by atoms with E-state index in [1.165, 1.54) is 12.1 Å². The van der Waals surface area contributed by atoms with Crippen LogP contribution in [0.2, 0.25) is 0 Å². The number of rotatable bonds is 3. The molecule has 22 heavy (non-hydrogen) atoms.